The zero-order valence-corrected chi connectivity index (χ0v) is 15.2. The van der Waals surface area contributed by atoms with Gasteiger partial charge >= 0.3 is 0 Å². The summed E-state index contributed by atoms with van der Waals surface area (Å²) in [6.45, 7) is 0.421. The number of carbonyl (C=O) groups is 1. The molecule has 8 nitrogen and oxygen atoms in total. The molecule has 1 amide bonds. The van der Waals surface area contributed by atoms with Crippen molar-refractivity contribution in [3.05, 3.63) is 99.6 Å². The van der Waals surface area contributed by atoms with E-state index in [1.807, 2.05) is 30.3 Å². The highest BCUT2D eigenvalue weighted by Gasteiger charge is 2.16. The molecule has 3 aromatic rings. The number of hydrazone groups is 1. The number of phenolic OH excluding ortho intramolecular Hbond substituents is 1. The predicted octanol–water partition coefficient (Wildman–Crippen LogP) is 3.64. The summed E-state index contributed by atoms with van der Waals surface area (Å²) in [5.74, 6) is -0.501. The second-order valence-electron chi connectivity index (χ2n) is 6.00. The lowest BCUT2D eigenvalue weighted by atomic mass is 10.1. The van der Waals surface area contributed by atoms with E-state index < -0.39 is 10.8 Å². The first-order chi connectivity index (χ1) is 14.0. The quantitative estimate of drug-likeness (QED) is 0.363. The maximum absolute atomic E-state index is 12.1. The summed E-state index contributed by atoms with van der Waals surface area (Å²) in [4.78, 5) is 22.3. The molecule has 146 valence electrons. The van der Waals surface area contributed by atoms with Crippen LogP contribution >= 0.6 is 0 Å². The lowest BCUT2D eigenvalue weighted by Gasteiger charge is -2.07. The summed E-state index contributed by atoms with van der Waals surface area (Å²) in [6, 6.07) is 20.0. The number of non-ortho nitro benzene ring substituents is 1. The molecule has 8 heteroatoms. The third-order valence-corrected chi connectivity index (χ3v) is 3.92. The number of aromatic hydroxyl groups is 1. The highest BCUT2D eigenvalue weighted by atomic mass is 16.6. The van der Waals surface area contributed by atoms with E-state index in [1.165, 1.54) is 6.21 Å². The van der Waals surface area contributed by atoms with Crippen LogP contribution in [0.4, 0.5) is 5.69 Å². The van der Waals surface area contributed by atoms with Gasteiger partial charge in [0.15, 0.2) is 0 Å². The van der Waals surface area contributed by atoms with E-state index in [9.17, 15) is 20.0 Å². The molecule has 0 unspecified atom stereocenters. The van der Waals surface area contributed by atoms with Crippen LogP contribution in [-0.2, 0) is 6.61 Å². The maximum Gasteiger partial charge on any atom is 0.275 e. The van der Waals surface area contributed by atoms with Crippen molar-refractivity contribution in [1.29, 1.82) is 0 Å². The van der Waals surface area contributed by atoms with E-state index in [1.54, 1.807) is 24.3 Å². The van der Waals surface area contributed by atoms with Crippen LogP contribution in [0, 0.1) is 10.1 Å². The van der Waals surface area contributed by atoms with Gasteiger partial charge in [-0.3, -0.25) is 14.9 Å². The second kappa shape index (κ2) is 9.14. The second-order valence-corrected chi connectivity index (χ2v) is 6.00. The standard InChI is InChI=1S/C21H17N3O5/c25-20-10-9-17(24(27)28)12-19(20)21(26)23-22-13-16-7-4-8-18(11-16)29-14-15-5-2-1-3-6-15/h1-13,25H,14H2,(H,23,26)/b22-13+. The summed E-state index contributed by atoms with van der Waals surface area (Å²) in [5, 5.41) is 24.4. The number of hydrogen-bond donors (Lipinski definition) is 2. The van der Waals surface area contributed by atoms with Crippen molar-refractivity contribution in [2.24, 2.45) is 5.10 Å². The Morgan fingerprint density at radius 1 is 1.10 bits per heavy atom. The van der Waals surface area contributed by atoms with Gasteiger partial charge < -0.3 is 9.84 Å². The normalized spacial score (nSPS) is 10.6. The fourth-order valence-corrected chi connectivity index (χ4v) is 2.47. The molecule has 0 radical (unpaired) electrons. The van der Waals surface area contributed by atoms with E-state index in [0.29, 0.717) is 17.9 Å². The van der Waals surface area contributed by atoms with Gasteiger partial charge in [0.1, 0.15) is 18.1 Å². The Morgan fingerprint density at radius 3 is 2.66 bits per heavy atom. The Balaban J connectivity index is 1.62. The number of nitro benzene ring substituents is 1. The average molecular weight is 391 g/mol. The number of benzene rings is 3. The molecule has 0 spiro atoms. The molecular formula is C21H17N3O5. The number of rotatable bonds is 7. The Kier molecular flexibility index (Phi) is 6.16. The highest BCUT2D eigenvalue weighted by Crippen LogP contribution is 2.22. The molecule has 0 saturated heterocycles. The summed E-state index contributed by atoms with van der Waals surface area (Å²) in [5.41, 5.74) is 3.41. The van der Waals surface area contributed by atoms with E-state index in [2.05, 4.69) is 10.5 Å². The first-order valence-electron chi connectivity index (χ1n) is 8.60. The molecule has 0 atom stereocenters. The molecule has 0 fully saturated rings. The van der Waals surface area contributed by atoms with Gasteiger partial charge in [0.25, 0.3) is 11.6 Å². The number of nitro groups is 1. The number of nitrogens with one attached hydrogen (secondary N) is 1. The molecule has 0 bridgehead atoms. The summed E-state index contributed by atoms with van der Waals surface area (Å²) in [7, 11) is 0. The highest BCUT2D eigenvalue weighted by molar-refractivity contribution is 5.98. The van der Waals surface area contributed by atoms with Crippen LogP contribution in [0.1, 0.15) is 21.5 Å². The van der Waals surface area contributed by atoms with Crippen molar-refractivity contribution in [2.45, 2.75) is 6.61 Å². The number of hydrogen-bond acceptors (Lipinski definition) is 6. The number of ether oxygens (including phenoxy) is 1. The average Bonchev–Trinajstić information content (AvgIpc) is 2.73. The fourth-order valence-electron chi connectivity index (χ4n) is 2.47. The van der Waals surface area contributed by atoms with Crippen LogP contribution < -0.4 is 10.2 Å². The Morgan fingerprint density at radius 2 is 1.90 bits per heavy atom. The molecule has 0 aliphatic rings. The monoisotopic (exact) mass is 391 g/mol. The van der Waals surface area contributed by atoms with Crippen molar-refractivity contribution in [2.75, 3.05) is 0 Å². The van der Waals surface area contributed by atoms with Gasteiger partial charge in [0, 0.05) is 12.1 Å². The minimum atomic E-state index is -0.765. The first kappa shape index (κ1) is 19.6. The van der Waals surface area contributed by atoms with Crippen molar-refractivity contribution in [1.82, 2.24) is 5.43 Å². The van der Waals surface area contributed by atoms with Crippen molar-refractivity contribution >= 4 is 17.8 Å². The zero-order valence-electron chi connectivity index (χ0n) is 15.2. The minimum Gasteiger partial charge on any atom is -0.507 e. The van der Waals surface area contributed by atoms with Crippen LogP contribution in [0.3, 0.4) is 0 Å². The van der Waals surface area contributed by atoms with Crippen LogP contribution in [0.5, 0.6) is 11.5 Å². The fraction of sp³-hybridized carbons (Fsp3) is 0.0476. The lowest BCUT2D eigenvalue weighted by molar-refractivity contribution is -0.384. The first-order valence-corrected chi connectivity index (χ1v) is 8.60. The number of carbonyl (C=O) groups excluding carboxylic acids is 1. The third-order valence-electron chi connectivity index (χ3n) is 3.92. The van der Waals surface area contributed by atoms with Crippen molar-refractivity contribution < 1.29 is 19.6 Å². The maximum atomic E-state index is 12.1. The molecule has 3 aromatic carbocycles. The molecule has 3 rings (SSSR count). The van der Waals surface area contributed by atoms with Gasteiger partial charge in [-0.2, -0.15) is 5.10 Å². The topological polar surface area (TPSA) is 114 Å². The molecular weight excluding hydrogens is 374 g/mol. The Labute approximate surface area is 166 Å². The van der Waals surface area contributed by atoms with Crippen molar-refractivity contribution in [3.8, 4) is 11.5 Å². The van der Waals surface area contributed by atoms with Gasteiger partial charge in [-0.15, -0.1) is 0 Å². The van der Waals surface area contributed by atoms with E-state index in [-0.39, 0.29) is 17.0 Å². The zero-order chi connectivity index (χ0) is 20.6. The van der Waals surface area contributed by atoms with E-state index >= 15 is 0 Å². The van der Waals surface area contributed by atoms with Gasteiger partial charge in [-0.25, -0.2) is 5.43 Å². The third kappa shape index (κ3) is 5.39. The SMILES string of the molecule is O=C(N/N=C/c1cccc(OCc2ccccc2)c1)c1cc([N+](=O)[O-])ccc1O. The smallest absolute Gasteiger partial charge is 0.275 e. The molecule has 0 aliphatic carbocycles. The predicted molar refractivity (Wildman–Crippen MR) is 107 cm³/mol. The summed E-state index contributed by atoms with van der Waals surface area (Å²) in [6.07, 6.45) is 1.40. The molecule has 0 saturated carbocycles. The van der Waals surface area contributed by atoms with Crippen LogP contribution in [0.25, 0.3) is 0 Å². The molecule has 2 N–H and O–H groups in total. The summed E-state index contributed by atoms with van der Waals surface area (Å²) < 4.78 is 5.73. The van der Waals surface area contributed by atoms with Crippen molar-refractivity contribution in [3.63, 3.8) is 0 Å². The molecule has 0 heterocycles. The van der Waals surface area contributed by atoms with Crippen LogP contribution in [0.2, 0.25) is 0 Å². The van der Waals surface area contributed by atoms with E-state index in [4.69, 9.17) is 4.74 Å². The minimum absolute atomic E-state index is 0.240. The molecule has 29 heavy (non-hydrogen) atoms. The molecule has 0 aromatic heterocycles. The lowest BCUT2D eigenvalue weighted by Crippen LogP contribution is -2.18. The van der Waals surface area contributed by atoms with Gasteiger partial charge in [0.05, 0.1) is 16.7 Å². The molecule has 0 aliphatic heterocycles. The Bertz CT molecular complexity index is 1050. The number of phenols is 1. The van der Waals surface area contributed by atoms with Gasteiger partial charge in [0.2, 0.25) is 0 Å². The largest absolute Gasteiger partial charge is 0.507 e. The Hall–Kier alpha value is -4.20. The summed E-state index contributed by atoms with van der Waals surface area (Å²) >= 11 is 0. The van der Waals surface area contributed by atoms with Gasteiger partial charge in [-0.1, -0.05) is 42.5 Å². The number of amides is 1. The van der Waals surface area contributed by atoms with Crippen LogP contribution in [0.15, 0.2) is 77.9 Å². The number of nitrogens with zero attached hydrogens (tertiary/aromatic N) is 2. The van der Waals surface area contributed by atoms with E-state index in [0.717, 1.165) is 23.8 Å². The van der Waals surface area contributed by atoms with Crippen LogP contribution in [-0.4, -0.2) is 22.2 Å². The van der Waals surface area contributed by atoms with Gasteiger partial charge in [-0.05, 0) is 29.3 Å².